The van der Waals surface area contributed by atoms with Crippen LogP contribution in [0.2, 0.25) is 0 Å². The number of benzene rings is 2. The number of rotatable bonds is 5. The number of anilines is 1. The van der Waals surface area contributed by atoms with E-state index in [9.17, 15) is 14.0 Å². The Morgan fingerprint density at radius 1 is 1.00 bits per heavy atom. The van der Waals surface area contributed by atoms with Crippen LogP contribution in [-0.4, -0.2) is 16.8 Å². The molecule has 0 aliphatic carbocycles. The molecule has 0 unspecified atom stereocenters. The van der Waals surface area contributed by atoms with E-state index in [2.05, 4.69) is 15.6 Å². The van der Waals surface area contributed by atoms with Crippen LogP contribution in [0.25, 0.3) is 10.9 Å². The predicted octanol–water partition coefficient (Wildman–Crippen LogP) is 4.08. The molecule has 2 aromatic carbocycles. The second-order valence-corrected chi connectivity index (χ2v) is 6.21. The van der Waals surface area contributed by atoms with Crippen LogP contribution < -0.4 is 10.6 Å². The van der Waals surface area contributed by atoms with E-state index in [0.717, 1.165) is 10.9 Å². The lowest BCUT2D eigenvalue weighted by Crippen LogP contribution is -2.22. The fourth-order valence-corrected chi connectivity index (χ4v) is 2.81. The Morgan fingerprint density at radius 3 is 2.57 bits per heavy atom. The minimum absolute atomic E-state index is 0.260. The molecule has 2 heterocycles. The van der Waals surface area contributed by atoms with E-state index in [-0.39, 0.29) is 11.8 Å². The molecular weight excluding hydrogens is 361 g/mol. The SMILES string of the molecule is O=C(Nc1ccc2[nH]c(C(=O)NCc3ccco3)cc2c1)c1ccc(F)cc1. The quantitative estimate of drug-likeness (QED) is 0.490. The van der Waals surface area contributed by atoms with Crippen LogP contribution in [0.1, 0.15) is 26.6 Å². The Balaban J connectivity index is 1.47. The number of halogens is 1. The van der Waals surface area contributed by atoms with Gasteiger partial charge in [0.15, 0.2) is 0 Å². The average Bonchev–Trinajstić information content (AvgIpc) is 3.36. The fraction of sp³-hybridized carbons (Fsp3) is 0.0476. The van der Waals surface area contributed by atoms with Crippen LogP contribution in [0.3, 0.4) is 0 Å². The largest absolute Gasteiger partial charge is 0.467 e. The highest BCUT2D eigenvalue weighted by Gasteiger charge is 2.11. The standard InChI is InChI=1S/C21H16FN3O3/c22-15-5-3-13(4-6-15)20(26)24-16-7-8-18-14(10-16)11-19(25-18)21(27)23-12-17-2-1-9-28-17/h1-11,25H,12H2,(H,23,27)(H,24,26). The summed E-state index contributed by atoms with van der Waals surface area (Å²) in [7, 11) is 0. The molecule has 4 rings (SSSR count). The van der Waals surface area contributed by atoms with Crippen molar-refractivity contribution in [2.24, 2.45) is 0 Å². The number of hydrogen-bond donors (Lipinski definition) is 3. The number of aromatic nitrogens is 1. The molecule has 3 N–H and O–H groups in total. The molecular formula is C21H16FN3O3. The van der Waals surface area contributed by atoms with Gasteiger partial charge in [-0.1, -0.05) is 0 Å². The van der Waals surface area contributed by atoms with E-state index in [1.54, 1.807) is 42.7 Å². The summed E-state index contributed by atoms with van der Waals surface area (Å²) in [5.41, 5.74) is 2.10. The number of fused-ring (bicyclic) bond motifs is 1. The molecule has 2 amide bonds. The van der Waals surface area contributed by atoms with Crippen molar-refractivity contribution in [1.82, 2.24) is 10.3 Å². The average molecular weight is 377 g/mol. The molecule has 140 valence electrons. The van der Waals surface area contributed by atoms with Crippen LogP contribution in [0.4, 0.5) is 10.1 Å². The minimum atomic E-state index is -0.400. The summed E-state index contributed by atoms with van der Waals surface area (Å²) < 4.78 is 18.2. The van der Waals surface area contributed by atoms with E-state index in [1.165, 1.54) is 24.3 Å². The summed E-state index contributed by atoms with van der Waals surface area (Å²) in [5.74, 6) is -0.339. The molecule has 0 bridgehead atoms. The molecule has 4 aromatic rings. The molecule has 6 nitrogen and oxygen atoms in total. The van der Waals surface area contributed by atoms with E-state index in [4.69, 9.17) is 4.42 Å². The highest BCUT2D eigenvalue weighted by Crippen LogP contribution is 2.21. The van der Waals surface area contributed by atoms with Gasteiger partial charge in [-0.2, -0.15) is 0 Å². The summed E-state index contributed by atoms with van der Waals surface area (Å²) in [6.45, 7) is 0.292. The normalized spacial score (nSPS) is 10.8. The molecule has 0 aliphatic rings. The Hall–Kier alpha value is -3.87. The monoisotopic (exact) mass is 377 g/mol. The summed E-state index contributed by atoms with van der Waals surface area (Å²) in [4.78, 5) is 27.6. The second kappa shape index (κ2) is 7.40. The van der Waals surface area contributed by atoms with Gasteiger partial charge in [0, 0.05) is 22.2 Å². The van der Waals surface area contributed by atoms with Gasteiger partial charge in [-0.25, -0.2) is 4.39 Å². The first-order valence-electron chi connectivity index (χ1n) is 8.59. The number of H-pyrrole nitrogens is 1. The third-order valence-corrected chi connectivity index (χ3v) is 4.23. The van der Waals surface area contributed by atoms with E-state index in [0.29, 0.717) is 29.2 Å². The van der Waals surface area contributed by atoms with Crippen molar-refractivity contribution in [3.63, 3.8) is 0 Å². The topological polar surface area (TPSA) is 87.1 Å². The third-order valence-electron chi connectivity index (χ3n) is 4.23. The van der Waals surface area contributed by atoms with Gasteiger partial charge < -0.3 is 20.0 Å². The van der Waals surface area contributed by atoms with Crippen LogP contribution in [0.5, 0.6) is 0 Å². The maximum atomic E-state index is 13.0. The Morgan fingerprint density at radius 2 is 1.82 bits per heavy atom. The second-order valence-electron chi connectivity index (χ2n) is 6.21. The highest BCUT2D eigenvalue weighted by molar-refractivity contribution is 6.05. The van der Waals surface area contributed by atoms with Crippen molar-refractivity contribution in [3.8, 4) is 0 Å². The number of nitrogens with one attached hydrogen (secondary N) is 3. The zero-order valence-corrected chi connectivity index (χ0v) is 14.7. The van der Waals surface area contributed by atoms with Gasteiger partial charge in [0.1, 0.15) is 17.3 Å². The van der Waals surface area contributed by atoms with Crippen molar-refractivity contribution >= 4 is 28.4 Å². The van der Waals surface area contributed by atoms with Crippen molar-refractivity contribution in [1.29, 1.82) is 0 Å². The number of amides is 2. The Kier molecular flexibility index (Phi) is 4.63. The molecule has 0 aliphatic heterocycles. The van der Waals surface area contributed by atoms with Gasteiger partial charge in [0.25, 0.3) is 11.8 Å². The summed E-state index contributed by atoms with van der Waals surface area (Å²) >= 11 is 0. The highest BCUT2D eigenvalue weighted by atomic mass is 19.1. The molecule has 0 saturated carbocycles. The molecule has 2 aromatic heterocycles. The fourth-order valence-electron chi connectivity index (χ4n) is 2.81. The summed E-state index contributed by atoms with van der Waals surface area (Å²) in [6.07, 6.45) is 1.55. The molecule has 0 spiro atoms. The van der Waals surface area contributed by atoms with Crippen molar-refractivity contribution in [3.05, 3.63) is 89.8 Å². The van der Waals surface area contributed by atoms with Gasteiger partial charge in [0.05, 0.1) is 12.8 Å². The zero-order valence-electron chi connectivity index (χ0n) is 14.7. The molecule has 0 radical (unpaired) electrons. The lowest BCUT2D eigenvalue weighted by molar-refractivity contribution is 0.0943. The summed E-state index contributed by atoms with van der Waals surface area (Å²) in [6, 6.07) is 15.8. The molecule has 0 fully saturated rings. The first-order valence-corrected chi connectivity index (χ1v) is 8.59. The van der Waals surface area contributed by atoms with Crippen molar-refractivity contribution < 1.29 is 18.4 Å². The van der Waals surface area contributed by atoms with E-state index >= 15 is 0 Å². The Labute approximate surface area is 159 Å². The molecule has 7 heteroatoms. The van der Waals surface area contributed by atoms with Crippen LogP contribution >= 0.6 is 0 Å². The number of carbonyl (C=O) groups is 2. The Bertz CT molecular complexity index is 1130. The van der Waals surface area contributed by atoms with Gasteiger partial charge in [-0.15, -0.1) is 0 Å². The van der Waals surface area contributed by atoms with Crippen LogP contribution in [0, 0.1) is 5.82 Å². The lowest BCUT2D eigenvalue weighted by Gasteiger charge is -2.05. The van der Waals surface area contributed by atoms with Crippen molar-refractivity contribution in [2.75, 3.05) is 5.32 Å². The van der Waals surface area contributed by atoms with Gasteiger partial charge >= 0.3 is 0 Å². The maximum absolute atomic E-state index is 13.0. The van der Waals surface area contributed by atoms with Crippen molar-refractivity contribution in [2.45, 2.75) is 6.54 Å². The first kappa shape index (κ1) is 17.5. The maximum Gasteiger partial charge on any atom is 0.268 e. The van der Waals surface area contributed by atoms with E-state index in [1.807, 2.05) is 0 Å². The molecule has 0 atom stereocenters. The summed E-state index contributed by atoms with van der Waals surface area (Å²) in [5, 5.41) is 6.31. The predicted molar refractivity (Wildman–Crippen MR) is 103 cm³/mol. The minimum Gasteiger partial charge on any atom is -0.467 e. The lowest BCUT2D eigenvalue weighted by atomic mass is 10.2. The smallest absolute Gasteiger partial charge is 0.268 e. The number of aromatic amines is 1. The van der Waals surface area contributed by atoms with Gasteiger partial charge in [0.2, 0.25) is 0 Å². The molecule has 28 heavy (non-hydrogen) atoms. The van der Waals surface area contributed by atoms with Gasteiger partial charge in [-0.05, 0) is 60.7 Å². The van der Waals surface area contributed by atoms with Crippen LogP contribution in [0.15, 0.2) is 71.3 Å². The first-order chi connectivity index (χ1) is 13.6. The zero-order chi connectivity index (χ0) is 19.5. The van der Waals surface area contributed by atoms with Gasteiger partial charge in [-0.3, -0.25) is 9.59 Å². The number of hydrogen-bond acceptors (Lipinski definition) is 3. The third kappa shape index (κ3) is 3.78. The van der Waals surface area contributed by atoms with Crippen LogP contribution in [-0.2, 0) is 6.54 Å². The molecule has 0 saturated heterocycles. The number of furan rings is 1. The van der Waals surface area contributed by atoms with E-state index < -0.39 is 5.82 Å². The number of carbonyl (C=O) groups excluding carboxylic acids is 2.